The summed E-state index contributed by atoms with van der Waals surface area (Å²) in [5.41, 5.74) is 0.943. The number of hydrogen-bond donors (Lipinski definition) is 1. The second-order valence-electron chi connectivity index (χ2n) is 4.98. The van der Waals surface area contributed by atoms with Crippen molar-refractivity contribution in [2.45, 2.75) is 37.6 Å². The Morgan fingerprint density at radius 1 is 1.43 bits per heavy atom. The van der Waals surface area contributed by atoms with Crippen molar-refractivity contribution in [1.29, 1.82) is 5.26 Å². The van der Waals surface area contributed by atoms with Gasteiger partial charge in [-0.15, -0.1) is 0 Å². The van der Waals surface area contributed by atoms with E-state index in [0.29, 0.717) is 0 Å². The molecule has 1 unspecified atom stereocenters. The molecule has 0 fully saturated rings. The maximum atomic E-state index is 12.4. The molecule has 6 heteroatoms. The number of benzene rings is 1. The molecule has 0 amide bonds. The Bertz CT molecular complexity index is 593. The van der Waals surface area contributed by atoms with Crippen molar-refractivity contribution in [2.24, 2.45) is 0 Å². The molecular weight excluding hydrogens is 286 g/mol. The van der Waals surface area contributed by atoms with Gasteiger partial charge >= 0.3 is 0 Å². The molecule has 0 aliphatic rings. The molecule has 5 nitrogen and oxygen atoms in total. The van der Waals surface area contributed by atoms with Crippen LogP contribution in [0.4, 0.5) is 0 Å². The van der Waals surface area contributed by atoms with Crippen LogP contribution >= 0.6 is 0 Å². The van der Waals surface area contributed by atoms with Gasteiger partial charge in [-0.25, -0.2) is 8.42 Å². The third kappa shape index (κ3) is 4.81. The molecule has 21 heavy (non-hydrogen) atoms. The third-order valence-corrected chi connectivity index (χ3v) is 5.16. The average Bonchev–Trinajstić information content (AvgIpc) is 2.50. The van der Waals surface area contributed by atoms with Crippen LogP contribution in [-0.2, 0) is 10.0 Å². The maximum Gasteiger partial charge on any atom is 0.242 e. The monoisotopic (exact) mass is 309 g/mol. The van der Waals surface area contributed by atoms with Crippen molar-refractivity contribution in [3.8, 4) is 6.07 Å². The molecular formula is C15H23N3O2S. The molecule has 1 rings (SSSR count). The van der Waals surface area contributed by atoms with E-state index in [4.69, 9.17) is 5.26 Å². The van der Waals surface area contributed by atoms with Gasteiger partial charge in [0.2, 0.25) is 10.0 Å². The van der Waals surface area contributed by atoms with Crippen LogP contribution in [0.3, 0.4) is 0 Å². The normalized spacial score (nSPS) is 13.1. The number of nitrogens with zero attached hydrogens (tertiary/aromatic N) is 2. The largest absolute Gasteiger partial charge is 0.310 e. The Kier molecular flexibility index (Phi) is 6.82. The van der Waals surface area contributed by atoms with Crippen LogP contribution in [0, 0.1) is 11.3 Å². The third-order valence-electron chi connectivity index (χ3n) is 3.31. The summed E-state index contributed by atoms with van der Waals surface area (Å²) in [6.07, 6.45) is 1.21. The Labute approximate surface area is 127 Å². The van der Waals surface area contributed by atoms with Gasteiger partial charge in [0.25, 0.3) is 0 Å². The molecule has 0 aromatic heterocycles. The van der Waals surface area contributed by atoms with Gasteiger partial charge in [-0.05, 0) is 37.6 Å². The van der Waals surface area contributed by atoms with Crippen molar-refractivity contribution in [3.05, 3.63) is 29.8 Å². The van der Waals surface area contributed by atoms with Crippen molar-refractivity contribution in [3.63, 3.8) is 0 Å². The van der Waals surface area contributed by atoms with Crippen molar-refractivity contribution < 1.29 is 8.42 Å². The average molecular weight is 309 g/mol. The zero-order valence-corrected chi connectivity index (χ0v) is 13.7. The Morgan fingerprint density at radius 2 is 2.14 bits per heavy atom. The lowest BCUT2D eigenvalue weighted by atomic mass is 10.1. The van der Waals surface area contributed by atoms with Crippen LogP contribution in [-0.4, -0.2) is 32.9 Å². The van der Waals surface area contributed by atoms with Crippen molar-refractivity contribution >= 4 is 10.0 Å². The first kappa shape index (κ1) is 17.6. The molecule has 0 saturated heterocycles. The highest BCUT2D eigenvalue weighted by Gasteiger charge is 2.21. The van der Waals surface area contributed by atoms with Gasteiger partial charge in [0.1, 0.15) is 0 Å². The SMILES string of the molecule is CCCNC(C)c1cccc(S(=O)(=O)N(C)CCC#N)c1. The van der Waals surface area contributed by atoms with Gasteiger partial charge in [-0.1, -0.05) is 19.1 Å². The molecule has 0 bridgehead atoms. The fraction of sp³-hybridized carbons (Fsp3) is 0.533. The van der Waals surface area contributed by atoms with Crippen LogP contribution in [0.15, 0.2) is 29.2 Å². The van der Waals surface area contributed by atoms with Gasteiger partial charge in [0.15, 0.2) is 0 Å². The van der Waals surface area contributed by atoms with E-state index in [2.05, 4.69) is 12.2 Å². The minimum absolute atomic E-state index is 0.101. The van der Waals surface area contributed by atoms with E-state index in [1.165, 1.54) is 11.4 Å². The Hall–Kier alpha value is -1.42. The molecule has 1 aromatic rings. The molecule has 0 heterocycles. The minimum atomic E-state index is -3.53. The highest BCUT2D eigenvalue weighted by molar-refractivity contribution is 7.89. The van der Waals surface area contributed by atoms with Gasteiger partial charge in [-0.3, -0.25) is 0 Å². The number of hydrogen-bond acceptors (Lipinski definition) is 4. The van der Waals surface area contributed by atoms with E-state index in [-0.39, 0.29) is 23.9 Å². The predicted molar refractivity (Wildman–Crippen MR) is 83.2 cm³/mol. The van der Waals surface area contributed by atoms with E-state index >= 15 is 0 Å². The smallest absolute Gasteiger partial charge is 0.242 e. The van der Waals surface area contributed by atoms with Crippen LogP contribution < -0.4 is 5.32 Å². The second-order valence-corrected chi connectivity index (χ2v) is 7.03. The summed E-state index contributed by atoms with van der Waals surface area (Å²) < 4.78 is 26.1. The summed E-state index contributed by atoms with van der Waals surface area (Å²) in [5.74, 6) is 0. The number of sulfonamides is 1. The summed E-state index contributed by atoms with van der Waals surface area (Å²) in [4.78, 5) is 0.269. The number of nitriles is 1. The number of nitrogens with one attached hydrogen (secondary N) is 1. The van der Waals surface area contributed by atoms with Gasteiger partial charge in [0.05, 0.1) is 11.0 Å². The van der Waals surface area contributed by atoms with Crippen LogP contribution in [0.1, 0.15) is 38.3 Å². The molecule has 0 aliphatic carbocycles. The summed E-state index contributed by atoms with van der Waals surface area (Å²) in [5, 5.41) is 11.9. The zero-order chi connectivity index (χ0) is 15.9. The molecule has 116 valence electrons. The fourth-order valence-electron chi connectivity index (χ4n) is 1.93. The standard InChI is InChI=1S/C15H23N3O2S/c1-4-10-17-13(2)14-7-5-8-15(12-14)21(19,20)18(3)11-6-9-16/h5,7-8,12-13,17H,4,6,10-11H2,1-3H3. The first-order chi connectivity index (χ1) is 9.93. The summed E-state index contributed by atoms with van der Waals surface area (Å²) in [6.45, 7) is 5.19. The predicted octanol–water partition coefficient (Wildman–Crippen LogP) is 2.28. The van der Waals surface area contributed by atoms with E-state index in [0.717, 1.165) is 18.5 Å². The minimum Gasteiger partial charge on any atom is -0.310 e. The molecule has 1 aromatic carbocycles. The Morgan fingerprint density at radius 3 is 2.76 bits per heavy atom. The highest BCUT2D eigenvalue weighted by Crippen LogP contribution is 2.20. The quantitative estimate of drug-likeness (QED) is 0.799. The topological polar surface area (TPSA) is 73.2 Å². The highest BCUT2D eigenvalue weighted by atomic mass is 32.2. The van der Waals surface area contributed by atoms with Gasteiger partial charge in [0, 0.05) is 26.1 Å². The van der Waals surface area contributed by atoms with E-state index < -0.39 is 10.0 Å². The van der Waals surface area contributed by atoms with Crippen LogP contribution in [0.5, 0.6) is 0 Å². The molecule has 1 N–H and O–H groups in total. The maximum absolute atomic E-state index is 12.4. The lowest BCUT2D eigenvalue weighted by Crippen LogP contribution is -2.28. The van der Waals surface area contributed by atoms with Gasteiger partial charge in [-0.2, -0.15) is 9.57 Å². The Balaban J connectivity index is 2.96. The fourth-order valence-corrected chi connectivity index (χ4v) is 3.16. The van der Waals surface area contributed by atoms with Gasteiger partial charge < -0.3 is 5.32 Å². The number of rotatable bonds is 8. The van der Waals surface area contributed by atoms with E-state index in [1.54, 1.807) is 18.2 Å². The lowest BCUT2D eigenvalue weighted by Gasteiger charge is -2.18. The van der Waals surface area contributed by atoms with E-state index in [9.17, 15) is 8.42 Å². The molecule has 0 radical (unpaired) electrons. The summed E-state index contributed by atoms with van der Waals surface area (Å²) in [7, 11) is -2.04. The van der Waals surface area contributed by atoms with E-state index in [1.807, 2.05) is 19.1 Å². The van der Waals surface area contributed by atoms with Crippen LogP contribution in [0.2, 0.25) is 0 Å². The van der Waals surface area contributed by atoms with Crippen molar-refractivity contribution in [2.75, 3.05) is 20.1 Å². The molecule has 1 atom stereocenters. The summed E-state index contributed by atoms with van der Waals surface area (Å²) >= 11 is 0. The summed E-state index contributed by atoms with van der Waals surface area (Å²) in [6, 6.07) is 9.02. The van der Waals surface area contributed by atoms with Crippen LogP contribution in [0.25, 0.3) is 0 Å². The lowest BCUT2D eigenvalue weighted by molar-refractivity contribution is 0.476. The van der Waals surface area contributed by atoms with Crippen molar-refractivity contribution in [1.82, 2.24) is 9.62 Å². The molecule has 0 aliphatic heterocycles. The molecule has 0 spiro atoms. The molecule has 0 saturated carbocycles. The zero-order valence-electron chi connectivity index (χ0n) is 12.8. The second kappa shape index (κ2) is 8.13. The first-order valence-electron chi connectivity index (χ1n) is 7.10. The first-order valence-corrected chi connectivity index (χ1v) is 8.54.